The fourth-order valence-electron chi connectivity index (χ4n) is 2.89. The van der Waals surface area contributed by atoms with Gasteiger partial charge in [-0.1, -0.05) is 60.1 Å². The average molecular weight is 437 g/mol. The smallest absolute Gasteiger partial charge is 0.257 e. The van der Waals surface area contributed by atoms with Crippen LogP contribution in [0.5, 0.6) is 0 Å². The molecule has 0 fully saturated rings. The van der Waals surface area contributed by atoms with Crippen molar-refractivity contribution >= 4 is 39.1 Å². The Kier molecular flexibility index (Phi) is 6.26. The normalized spacial score (nSPS) is 10.6. The molecule has 0 atom stereocenters. The van der Waals surface area contributed by atoms with E-state index >= 15 is 0 Å². The number of halogens is 1. The number of para-hydroxylation sites is 2. The van der Waals surface area contributed by atoms with Crippen molar-refractivity contribution < 1.29 is 9.59 Å². The summed E-state index contributed by atoms with van der Waals surface area (Å²) in [7, 11) is 0. The molecule has 142 valence electrons. The molecular weight excluding hydrogens is 416 g/mol. The van der Waals surface area contributed by atoms with Crippen LogP contribution in [0.2, 0.25) is 0 Å². The Hall–Kier alpha value is -2.92. The van der Waals surface area contributed by atoms with Gasteiger partial charge in [0.15, 0.2) is 0 Å². The number of hydrogen-bond donors (Lipinski definition) is 2. The molecule has 0 aliphatic carbocycles. The Bertz CT molecular complexity index is 997. The summed E-state index contributed by atoms with van der Waals surface area (Å²) >= 11 is 3.35. The molecule has 3 rings (SSSR count). The van der Waals surface area contributed by atoms with Gasteiger partial charge in [-0.2, -0.15) is 0 Å². The number of hydrogen-bond acceptors (Lipinski definition) is 2. The number of carbonyl (C=O) groups is 2. The van der Waals surface area contributed by atoms with Gasteiger partial charge in [0.2, 0.25) is 0 Å². The molecule has 4 nitrogen and oxygen atoms in total. The van der Waals surface area contributed by atoms with Crippen LogP contribution in [0.15, 0.2) is 77.3 Å². The zero-order valence-electron chi connectivity index (χ0n) is 15.7. The first-order valence-corrected chi connectivity index (χ1v) is 9.81. The second-order valence-electron chi connectivity index (χ2n) is 6.70. The van der Waals surface area contributed by atoms with E-state index < -0.39 is 0 Å². The van der Waals surface area contributed by atoms with E-state index in [2.05, 4.69) is 40.4 Å². The summed E-state index contributed by atoms with van der Waals surface area (Å²) in [6.07, 6.45) is 0. The molecule has 0 heterocycles. The Labute approximate surface area is 173 Å². The highest BCUT2D eigenvalue weighted by atomic mass is 79.9. The minimum absolute atomic E-state index is 0.264. The molecule has 0 aliphatic heterocycles. The van der Waals surface area contributed by atoms with Gasteiger partial charge in [-0.05, 0) is 53.9 Å². The van der Waals surface area contributed by atoms with E-state index in [-0.39, 0.29) is 17.7 Å². The van der Waals surface area contributed by atoms with Crippen molar-refractivity contribution in [3.05, 3.63) is 94.0 Å². The van der Waals surface area contributed by atoms with Crippen molar-refractivity contribution in [2.24, 2.45) is 0 Å². The summed E-state index contributed by atoms with van der Waals surface area (Å²) in [5.74, 6) is -0.251. The summed E-state index contributed by atoms with van der Waals surface area (Å²) in [6, 6.07) is 21.8. The van der Waals surface area contributed by atoms with Crippen LogP contribution < -0.4 is 10.6 Å². The maximum absolute atomic E-state index is 12.9. The number of benzene rings is 3. The van der Waals surface area contributed by atoms with Gasteiger partial charge in [0.25, 0.3) is 11.8 Å². The molecule has 28 heavy (non-hydrogen) atoms. The van der Waals surface area contributed by atoms with E-state index in [9.17, 15) is 9.59 Å². The third-order valence-electron chi connectivity index (χ3n) is 4.36. The lowest BCUT2D eigenvalue weighted by Gasteiger charge is -2.15. The highest BCUT2D eigenvalue weighted by Gasteiger charge is 2.16. The van der Waals surface area contributed by atoms with Gasteiger partial charge in [-0.3, -0.25) is 9.59 Å². The number of rotatable bonds is 5. The molecular formula is C23H21BrN2O2. The third-order valence-corrected chi connectivity index (χ3v) is 4.89. The number of anilines is 2. The van der Waals surface area contributed by atoms with E-state index in [0.29, 0.717) is 16.8 Å². The van der Waals surface area contributed by atoms with Gasteiger partial charge in [-0.15, -0.1) is 0 Å². The molecule has 2 N–H and O–H groups in total. The molecule has 0 bridgehead atoms. The van der Waals surface area contributed by atoms with Crippen molar-refractivity contribution in [1.82, 2.24) is 0 Å². The summed E-state index contributed by atoms with van der Waals surface area (Å²) in [5, 5.41) is 5.81. The summed E-state index contributed by atoms with van der Waals surface area (Å²) < 4.78 is 0.896. The first-order valence-electron chi connectivity index (χ1n) is 9.02. The Morgan fingerprint density at radius 3 is 2.00 bits per heavy atom. The quantitative estimate of drug-likeness (QED) is 0.509. The maximum Gasteiger partial charge on any atom is 0.257 e. The second-order valence-corrected chi connectivity index (χ2v) is 7.62. The summed E-state index contributed by atoms with van der Waals surface area (Å²) in [4.78, 5) is 25.4. The van der Waals surface area contributed by atoms with Gasteiger partial charge in [0.05, 0.1) is 11.3 Å². The lowest BCUT2D eigenvalue weighted by atomic mass is 10.0. The van der Waals surface area contributed by atoms with E-state index in [1.807, 2.05) is 24.3 Å². The lowest BCUT2D eigenvalue weighted by Crippen LogP contribution is -2.18. The molecule has 0 unspecified atom stereocenters. The molecule has 3 aromatic carbocycles. The minimum Gasteiger partial charge on any atom is -0.322 e. The second kappa shape index (κ2) is 8.85. The molecule has 5 heteroatoms. The lowest BCUT2D eigenvalue weighted by molar-refractivity contribution is 0.102. The van der Waals surface area contributed by atoms with E-state index in [4.69, 9.17) is 0 Å². The van der Waals surface area contributed by atoms with Gasteiger partial charge in [0.1, 0.15) is 0 Å². The molecule has 0 spiro atoms. The number of nitrogens with one attached hydrogen (secondary N) is 2. The van der Waals surface area contributed by atoms with Crippen molar-refractivity contribution in [3.8, 4) is 0 Å². The SMILES string of the molecule is CC(C)c1ccccc1NC(=O)c1ccccc1NC(=O)c1ccc(Br)cc1. The highest BCUT2D eigenvalue weighted by molar-refractivity contribution is 9.10. The van der Waals surface area contributed by atoms with E-state index in [1.165, 1.54) is 0 Å². The average Bonchev–Trinajstić information content (AvgIpc) is 2.69. The van der Waals surface area contributed by atoms with E-state index in [1.54, 1.807) is 48.5 Å². The van der Waals surface area contributed by atoms with E-state index in [0.717, 1.165) is 15.7 Å². The van der Waals surface area contributed by atoms with Crippen LogP contribution in [0, 0.1) is 0 Å². The van der Waals surface area contributed by atoms with Crippen molar-refractivity contribution in [2.75, 3.05) is 10.6 Å². The maximum atomic E-state index is 12.9. The molecule has 0 radical (unpaired) electrons. The Morgan fingerprint density at radius 1 is 0.750 bits per heavy atom. The summed E-state index contributed by atoms with van der Waals surface area (Å²) in [6.45, 7) is 4.16. The fraction of sp³-hybridized carbons (Fsp3) is 0.130. The van der Waals surface area contributed by atoms with Crippen LogP contribution in [0.25, 0.3) is 0 Å². The zero-order valence-corrected chi connectivity index (χ0v) is 17.3. The Balaban J connectivity index is 1.83. The molecule has 3 aromatic rings. The van der Waals surface area contributed by atoms with Crippen LogP contribution in [-0.2, 0) is 0 Å². The monoisotopic (exact) mass is 436 g/mol. The van der Waals surface area contributed by atoms with Gasteiger partial charge in [0, 0.05) is 15.7 Å². The molecule has 2 amide bonds. The van der Waals surface area contributed by atoms with Crippen molar-refractivity contribution in [2.45, 2.75) is 19.8 Å². The third kappa shape index (κ3) is 4.67. The Morgan fingerprint density at radius 2 is 1.32 bits per heavy atom. The largest absolute Gasteiger partial charge is 0.322 e. The van der Waals surface area contributed by atoms with Crippen LogP contribution in [0.1, 0.15) is 46.0 Å². The standard InChI is InChI=1S/C23H21BrN2O2/c1-15(2)18-7-3-5-9-20(18)26-23(28)19-8-4-6-10-21(19)25-22(27)16-11-13-17(24)14-12-16/h3-15H,1-2H3,(H,25,27)(H,26,28). The molecule has 0 aliphatic rings. The van der Waals surface area contributed by atoms with Crippen LogP contribution >= 0.6 is 15.9 Å². The zero-order chi connectivity index (χ0) is 20.1. The predicted molar refractivity (Wildman–Crippen MR) is 117 cm³/mol. The van der Waals surface area contributed by atoms with Gasteiger partial charge < -0.3 is 10.6 Å². The van der Waals surface area contributed by atoms with Crippen LogP contribution in [-0.4, -0.2) is 11.8 Å². The summed E-state index contributed by atoms with van der Waals surface area (Å²) in [5.41, 5.74) is 3.23. The predicted octanol–water partition coefficient (Wildman–Crippen LogP) is 6.08. The first-order chi connectivity index (χ1) is 13.5. The highest BCUT2D eigenvalue weighted by Crippen LogP contribution is 2.25. The van der Waals surface area contributed by atoms with Gasteiger partial charge in [-0.25, -0.2) is 0 Å². The first kappa shape index (κ1) is 19.8. The number of amides is 2. The molecule has 0 saturated heterocycles. The van der Waals surface area contributed by atoms with Gasteiger partial charge >= 0.3 is 0 Å². The number of carbonyl (C=O) groups excluding carboxylic acids is 2. The molecule has 0 aromatic heterocycles. The minimum atomic E-state index is -0.268. The van der Waals surface area contributed by atoms with Crippen molar-refractivity contribution in [3.63, 3.8) is 0 Å². The molecule has 0 saturated carbocycles. The van der Waals surface area contributed by atoms with Crippen molar-refractivity contribution in [1.29, 1.82) is 0 Å². The van der Waals surface area contributed by atoms with Crippen LogP contribution in [0.4, 0.5) is 11.4 Å². The topological polar surface area (TPSA) is 58.2 Å². The fourth-order valence-corrected chi connectivity index (χ4v) is 3.15. The van der Waals surface area contributed by atoms with Crippen LogP contribution in [0.3, 0.4) is 0 Å².